The molecule has 16 heavy (non-hydrogen) atoms. The van der Waals surface area contributed by atoms with Crippen LogP contribution in [0.5, 0.6) is 5.75 Å². The first-order valence-electron chi connectivity index (χ1n) is 5.15. The standard InChI is InChI=1S/C14H14OS/c1-10-9-12(15-2)5-8-14(10)11-3-6-13(16)7-4-11/h3-9,16H,1-2H3. The number of thiol groups is 1. The lowest BCUT2D eigenvalue weighted by Gasteiger charge is -2.08. The van der Waals surface area contributed by atoms with Crippen LogP contribution in [0.4, 0.5) is 0 Å². The van der Waals surface area contributed by atoms with E-state index in [-0.39, 0.29) is 0 Å². The van der Waals surface area contributed by atoms with E-state index in [4.69, 9.17) is 4.74 Å². The molecule has 0 aromatic heterocycles. The summed E-state index contributed by atoms with van der Waals surface area (Å²) in [7, 11) is 1.68. The third kappa shape index (κ3) is 2.22. The Balaban J connectivity index is 2.44. The minimum Gasteiger partial charge on any atom is -0.497 e. The maximum atomic E-state index is 5.19. The quantitative estimate of drug-likeness (QED) is 0.768. The number of rotatable bonds is 2. The van der Waals surface area contributed by atoms with Gasteiger partial charge in [-0.25, -0.2) is 0 Å². The summed E-state index contributed by atoms with van der Waals surface area (Å²) < 4.78 is 5.19. The molecule has 0 heterocycles. The molecule has 1 nitrogen and oxygen atoms in total. The van der Waals surface area contributed by atoms with Gasteiger partial charge in [0.25, 0.3) is 0 Å². The van der Waals surface area contributed by atoms with Crippen LogP contribution < -0.4 is 4.74 Å². The molecule has 0 unspecified atom stereocenters. The van der Waals surface area contributed by atoms with Crippen molar-refractivity contribution in [3.63, 3.8) is 0 Å². The summed E-state index contributed by atoms with van der Waals surface area (Å²) in [5.41, 5.74) is 3.65. The minimum absolute atomic E-state index is 0.895. The molecular weight excluding hydrogens is 216 g/mol. The molecular formula is C14H14OS. The van der Waals surface area contributed by atoms with Crippen LogP contribution in [0.25, 0.3) is 11.1 Å². The second kappa shape index (κ2) is 4.62. The number of hydrogen-bond donors (Lipinski definition) is 1. The Bertz CT molecular complexity index is 489. The second-order valence-corrected chi connectivity index (χ2v) is 4.24. The summed E-state index contributed by atoms with van der Waals surface area (Å²) in [4.78, 5) is 0.981. The van der Waals surface area contributed by atoms with E-state index in [1.807, 2.05) is 24.3 Å². The third-order valence-electron chi connectivity index (χ3n) is 2.61. The molecule has 0 atom stereocenters. The van der Waals surface area contributed by atoms with Crippen molar-refractivity contribution in [2.75, 3.05) is 7.11 Å². The molecule has 0 bridgehead atoms. The van der Waals surface area contributed by atoms with Crippen molar-refractivity contribution in [3.05, 3.63) is 48.0 Å². The molecule has 0 aliphatic carbocycles. The van der Waals surface area contributed by atoms with Crippen molar-refractivity contribution in [2.24, 2.45) is 0 Å². The maximum absolute atomic E-state index is 5.19. The van der Waals surface area contributed by atoms with Crippen LogP contribution in [0.15, 0.2) is 47.4 Å². The predicted molar refractivity (Wildman–Crippen MR) is 70.4 cm³/mol. The van der Waals surface area contributed by atoms with E-state index in [9.17, 15) is 0 Å². The van der Waals surface area contributed by atoms with Gasteiger partial charge in [-0.2, -0.15) is 0 Å². The van der Waals surface area contributed by atoms with E-state index in [0.717, 1.165) is 10.6 Å². The maximum Gasteiger partial charge on any atom is 0.119 e. The Kier molecular flexibility index (Phi) is 3.20. The highest BCUT2D eigenvalue weighted by atomic mass is 32.1. The van der Waals surface area contributed by atoms with Gasteiger partial charge >= 0.3 is 0 Å². The minimum atomic E-state index is 0.895. The molecule has 0 spiro atoms. The van der Waals surface area contributed by atoms with Crippen LogP contribution in [-0.2, 0) is 0 Å². The molecule has 2 heteroatoms. The van der Waals surface area contributed by atoms with Crippen molar-refractivity contribution in [2.45, 2.75) is 11.8 Å². The van der Waals surface area contributed by atoms with Crippen LogP contribution in [0.3, 0.4) is 0 Å². The van der Waals surface area contributed by atoms with E-state index in [2.05, 4.69) is 37.8 Å². The second-order valence-electron chi connectivity index (χ2n) is 3.73. The predicted octanol–water partition coefficient (Wildman–Crippen LogP) is 3.96. The number of aryl methyl sites for hydroxylation is 1. The van der Waals surface area contributed by atoms with Crippen molar-refractivity contribution in [1.29, 1.82) is 0 Å². The van der Waals surface area contributed by atoms with E-state index < -0.39 is 0 Å². The number of ether oxygens (including phenoxy) is 1. The van der Waals surface area contributed by atoms with Crippen LogP contribution >= 0.6 is 12.6 Å². The molecule has 2 aromatic carbocycles. The summed E-state index contributed by atoms with van der Waals surface area (Å²) in [5.74, 6) is 0.895. The summed E-state index contributed by atoms with van der Waals surface area (Å²) in [5, 5.41) is 0. The topological polar surface area (TPSA) is 9.23 Å². The van der Waals surface area contributed by atoms with Gasteiger partial charge in [-0.3, -0.25) is 0 Å². The first-order chi connectivity index (χ1) is 7.70. The molecule has 2 aromatic rings. The van der Waals surface area contributed by atoms with E-state index in [0.29, 0.717) is 0 Å². The van der Waals surface area contributed by atoms with Gasteiger partial charge < -0.3 is 4.74 Å². The van der Waals surface area contributed by atoms with Crippen molar-refractivity contribution >= 4 is 12.6 Å². The van der Waals surface area contributed by atoms with Crippen LogP contribution in [0, 0.1) is 6.92 Å². The van der Waals surface area contributed by atoms with Gasteiger partial charge in [0.05, 0.1) is 7.11 Å². The molecule has 0 saturated heterocycles. The largest absolute Gasteiger partial charge is 0.497 e. The van der Waals surface area contributed by atoms with Crippen molar-refractivity contribution in [3.8, 4) is 16.9 Å². The Hall–Kier alpha value is -1.41. The van der Waals surface area contributed by atoms with Gasteiger partial charge in [0.2, 0.25) is 0 Å². The summed E-state index contributed by atoms with van der Waals surface area (Å²) >= 11 is 4.28. The molecule has 0 fully saturated rings. The van der Waals surface area contributed by atoms with E-state index >= 15 is 0 Å². The third-order valence-corrected chi connectivity index (χ3v) is 2.91. The highest BCUT2D eigenvalue weighted by Crippen LogP contribution is 2.27. The van der Waals surface area contributed by atoms with Crippen LogP contribution in [0.1, 0.15) is 5.56 Å². The Morgan fingerprint density at radius 2 is 1.69 bits per heavy atom. The fourth-order valence-corrected chi connectivity index (χ4v) is 1.88. The van der Waals surface area contributed by atoms with Gasteiger partial charge in [0.15, 0.2) is 0 Å². The molecule has 0 N–H and O–H groups in total. The Labute approximate surface area is 101 Å². The number of hydrogen-bond acceptors (Lipinski definition) is 2. The number of benzene rings is 2. The average molecular weight is 230 g/mol. The molecule has 0 radical (unpaired) electrons. The fourth-order valence-electron chi connectivity index (χ4n) is 1.73. The Morgan fingerprint density at radius 3 is 2.25 bits per heavy atom. The summed E-state index contributed by atoms with van der Waals surface area (Å²) in [6, 6.07) is 14.3. The zero-order valence-electron chi connectivity index (χ0n) is 9.40. The molecule has 0 aliphatic heterocycles. The highest BCUT2D eigenvalue weighted by molar-refractivity contribution is 7.80. The van der Waals surface area contributed by atoms with E-state index in [1.54, 1.807) is 7.11 Å². The van der Waals surface area contributed by atoms with Gasteiger partial charge in [-0.1, -0.05) is 18.2 Å². The summed E-state index contributed by atoms with van der Waals surface area (Å²) in [6.07, 6.45) is 0. The average Bonchev–Trinajstić information content (AvgIpc) is 2.30. The monoisotopic (exact) mass is 230 g/mol. The van der Waals surface area contributed by atoms with Crippen LogP contribution in [0.2, 0.25) is 0 Å². The first kappa shape index (κ1) is 11.1. The Morgan fingerprint density at radius 1 is 1.00 bits per heavy atom. The summed E-state index contributed by atoms with van der Waals surface area (Å²) in [6.45, 7) is 2.09. The lowest BCUT2D eigenvalue weighted by Crippen LogP contribution is -1.87. The number of methoxy groups -OCH3 is 1. The molecule has 82 valence electrons. The normalized spacial score (nSPS) is 10.2. The molecule has 2 rings (SSSR count). The molecule has 0 aliphatic rings. The molecule has 0 amide bonds. The zero-order valence-corrected chi connectivity index (χ0v) is 10.3. The van der Waals surface area contributed by atoms with Gasteiger partial charge in [0, 0.05) is 4.90 Å². The lowest BCUT2D eigenvalue weighted by atomic mass is 10.0. The van der Waals surface area contributed by atoms with Crippen LogP contribution in [-0.4, -0.2) is 7.11 Å². The zero-order chi connectivity index (χ0) is 11.5. The van der Waals surface area contributed by atoms with Crippen molar-refractivity contribution < 1.29 is 4.74 Å². The smallest absolute Gasteiger partial charge is 0.119 e. The first-order valence-corrected chi connectivity index (χ1v) is 5.59. The fraction of sp³-hybridized carbons (Fsp3) is 0.143. The van der Waals surface area contributed by atoms with Gasteiger partial charge in [-0.15, -0.1) is 12.6 Å². The highest BCUT2D eigenvalue weighted by Gasteiger charge is 2.02. The lowest BCUT2D eigenvalue weighted by molar-refractivity contribution is 0.414. The SMILES string of the molecule is COc1ccc(-c2ccc(S)cc2)c(C)c1. The van der Waals surface area contributed by atoms with E-state index in [1.165, 1.54) is 16.7 Å². The van der Waals surface area contributed by atoms with Crippen molar-refractivity contribution in [1.82, 2.24) is 0 Å². The van der Waals surface area contributed by atoms with Gasteiger partial charge in [0.1, 0.15) is 5.75 Å². The molecule has 0 saturated carbocycles. The van der Waals surface area contributed by atoms with Gasteiger partial charge in [-0.05, 0) is 47.9 Å².